The molecule has 116 valence electrons. The van der Waals surface area contributed by atoms with Crippen LogP contribution in [0.3, 0.4) is 0 Å². The maximum atomic E-state index is 12.1. The van der Waals surface area contributed by atoms with Crippen LogP contribution in [-0.2, 0) is 25.5 Å². The van der Waals surface area contributed by atoms with Crippen LogP contribution in [0.25, 0.3) is 0 Å². The second kappa shape index (κ2) is 7.57. The Balaban J connectivity index is 2.07. The van der Waals surface area contributed by atoms with Crippen LogP contribution in [0, 0.1) is 17.2 Å². The van der Waals surface area contributed by atoms with E-state index in [-0.39, 0.29) is 18.2 Å². The molecule has 1 aromatic carbocycles. The van der Waals surface area contributed by atoms with Gasteiger partial charge in [0.1, 0.15) is 6.04 Å². The van der Waals surface area contributed by atoms with Crippen molar-refractivity contribution >= 4 is 11.9 Å². The molecule has 0 aliphatic carbocycles. The van der Waals surface area contributed by atoms with Gasteiger partial charge in [0.2, 0.25) is 5.91 Å². The van der Waals surface area contributed by atoms with E-state index in [9.17, 15) is 9.59 Å². The van der Waals surface area contributed by atoms with Crippen molar-refractivity contribution in [2.75, 3.05) is 20.3 Å². The molecule has 6 nitrogen and oxygen atoms in total. The van der Waals surface area contributed by atoms with Crippen LogP contribution in [0.2, 0.25) is 0 Å². The Morgan fingerprint density at radius 1 is 1.55 bits per heavy atom. The number of nitriles is 1. The Morgan fingerprint density at radius 2 is 2.36 bits per heavy atom. The molecule has 0 aromatic heterocycles. The third kappa shape index (κ3) is 4.06. The van der Waals surface area contributed by atoms with Crippen LogP contribution in [0.15, 0.2) is 24.3 Å². The first-order valence-electron chi connectivity index (χ1n) is 7.09. The maximum Gasteiger partial charge on any atom is 0.328 e. The van der Waals surface area contributed by atoms with Gasteiger partial charge in [-0.15, -0.1) is 0 Å². The number of ether oxygens (including phenoxy) is 2. The second-order valence-electron chi connectivity index (χ2n) is 5.16. The number of rotatable bonds is 5. The van der Waals surface area contributed by atoms with Gasteiger partial charge in [0, 0.05) is 13.0 Å². The van der Waals surface area contributed by atoms with Crippen molar-refractivity contribution in [2.45, 2.75) is 18.9 Å². The number of nitrogens with zero attached hydrogens (tertiary/aromatic N) is 1. The summed E-state index contributed by atoms with van der Waals surface area (Å²) in [6.45, 7) is 0.939. The fourth-order valence-electron chi connectivity index (χ4n) is 2.37. The second-order valence-corrected chi connectivity index (χ2v) is 5.16. The zero-order valence-corrected chi connectivity index (χ0v) is 12.4. The van der Waals surface area contributed by atoms with E-state index in [2.05, 4.69) is 5.32 Å². The number of benzene rings is 1. The summed E-state index contributed by atoms with van der Waals surface area (Å²) in [7, 11) is 1.28. The van der Waals surface area contributed by atoms with E-state index in [0.29, 0.717) is 25.2 Å². The fraction of sp³-hybridized carbons (Fsp3) is 0.438. The average molecular weight is 302 g/mol. The van der Waals surface area contributed by atoms with Crippen LogP contribution < -0.4 is 5.32 Å². The summed E-state index contributed by atoms with van der Waals surface area (Å²) in [6.07, 6.45) is 0.936. The van der Waals surface area contributed by atoms with Crippen LogP contribution in [0.5, 0.6) is 0 Å². The summed E-state index contributed by atoms with van der Waals surface area (Å²) in [4.78, 5) is 24.0. The molecule has 0 bridgehead atoms. The topological polar surface area (TPSA) is 88.4 Å². The molecule has 1 heterocycles. The monoisotopic (exact) mass is 302 g/mol. The van der Waals surface area contributed by atoms with Gasteiger partial charge in [-0.2, -0.15) is 5.26 Å². The van der Waals surface area contributed by atoms with E-state index in [1.165, 1.54) is 7.11 Å². The molecule has 0 spiro atoms. The number of hydrogen-bond donors (Lipinski definition) is 1. The van der Waals surface area contributed by atoms with Gasteiger partial charge in [-0.3, -0.25) is 4.79 Å². The molecule has 1 amide bonds. The van der Waals surface area contributed by atoms with E-state index in [4.69, 9.17) is 14.7 Å². The highest BCUT2D eigenvalue weighted by Crippen LogP contribution is 2.14. The molecule has 0 radical (unpaired) electrons. The largest absolute Gasteiger partial charge is 0.467 e. The van der Waals surface area contributed by atoms with E-state index >= 15 is 0 Å². The molecule has 6 heteroatoms. The highest BCUT2D eigenvalue weighted by atomic mass is 16.5. The third-order valence-corrected chi connectivity index (χ3v) is 3.60. The number of hydrogen-bond acceptors (Lipinski definition) is 5. The SMILES string of the molecule is COC(=O)[C@@H](Cc1cccc(C#N)c1)NC(=O)[C@@H]1CCOC1. The minimum absolute atomic E-state index is 0.204. The number of carbonyl (C=O) groups excluding carboxylic acids is 2. The smallest absolute Gasteiger partial charge is 0.328 e. The Morgan fingerprint density at radius 3 is 3.00 bits per heavy atom. The lowest BCUT2D eigenvalue weighted by molar-refractivity contribution is -0.145. The lowest BCUT2D eigenvalue weighted by Gasteiger charge is -2.18. The Labute approximate surface area is 129 Å². The van der Waals surface area contributed by atoms with Gasteiger partial charge >= 0.3 is 5.97 Å². The number of nitrogens with one attached hydrogen (secondary N) is 1. The van der Waals surface area contributed by atoms with Gasteiger partial charge in [0.25, 0.3) is 0 Å². The lowest BCUT2D eigenvalue weighted by atomic mass is 10.0. The molecule has 2 atom stereocenters. The number of carbonyl (C=O) groups is 2. The van der Waals surface area contributed by atoms with E-state index in [1.807, 2.05) is 12.1 Å². The first kappa shape index (κ1) is 16.0. The normalized spacial score (nSPS) is 18.3. The zero-order valence-electron chi connectivity index (χ0n) is 12.4. The highest BCUT2D eigenvalue weighted by Gasteiger charge is 2.28. The molecule has 0 unspecified atom stereocenters. The van der Waals surface area contributed by atoms with Gasteiger partial charge in [0.05, 0.1) is 31.3 Å². The lowest BCUT2D eigenvalue weighted by Crippen LogP contribution is -2.45. The number of esters is 1. The molecule has 2 rings (SSSR count). The summed E-state index contributed by atoms with van der Waals surface area (Å²) in [5.74, 6) is -0.934. The van der Waals surface area contributed by atoms with Crippen molar-refractivity contribution in [3.05, 3.63) is 35.4 Å². The van der Waals surface area contributed by atoms with Gasteiger partial charge in [-0.05, 0) is 24.1 Å². The Hall–Kier alpha value is -2.39. The minimum Gasteiger partial charge on any atom is -0.467 e. The standard InChI is InChI=1S/C16H18N2O4/c1-21-16(20)14(18-15(19)13-5-6-22-10-13)8-11-3-2-4-12(7-11)9-17/h2-4,7,13-14H,5-6,8,10H2,1H3,(H,18,19)/t13-,14-/m1/s1. The summed E-state index contributed by atoms with van der Waals surface area (Å²) in [5.41, 5.74) is 1.30. The average Bonchev–Trinajstić information content (AvgIpc) is 3.08. The van der Waals surface area contributed by atoms with Crippen molar-refractivity contribution in [1.29, 1.82) is 5.26 Å². The van der Waals surface area contributed by atoms with Crippen LogP contribution in [0.4, 0.5) is 0 Å². The van der Waals surface area contributed by atoms with Crippen molar-refractivity contribution < 1.29 is 19.1 Å². The summed E-state index contributed by atoms with van der Waals surface area (Å²) < 4.78 is 9.94. The third-order valence-electron chi connectivity index (χ3n) is 3.60. The first-order chi connectivity index (χ1) is 10.6. The molecule has 1 fully saturated rings. The molecule has 1 aliphatic heterocycles. The quantitative estimate of drug-likeness (QED) is 0.813. The van der Waals surface area contributed by atoms with Crippen LogP contribution in [-0.4, -0.2) is 38.2 Å². The molecule has 1 aliphatic rings. The molecular formula is C16H18N2O4. The van der Waals surface area contributed by atoms with Gasteiger partial charge < -0.3 is 14.8 Å². The predicted molar refractivity (Wildman–Crippen MR) is 77.7 cm³/mol. The van der Waals surface area contributed by atoms with Crippen molar-refractivity contribution in [3.63, 3.8) is 0 Å². The summed E-state index contributed by atoms with van der Waals surface area (Å²) >= 11 is 0. The van der Waals surface area contributed by atoms with Crippen molar-refractivity contribution in [1.82, 2.24) is 5.32 Å². The molecule has 1 aromatic rings. The molecule has 0 saturated carbocycles. The minimum atomic E-state index is -0.771. The van der Waals surface area contributed by atoms with Gasteiger partial charge in [-0.25, -0.2) is 4.79 Å². The van der Waals surface area contributed by atoms with Gasteiger partial charge in [-0.1, -0.05) is 12.1 Å². The van der Waals surface area contributed by atoms with Crippen LogP contribution in [0.1, 0.15) is 17.5 Å². The van der Waals surface area contributed by atoms with Crippen molar-refractivity contribution in [2.24, 2.45) is 5.92 Å². The molecule has 1 saturated heterocycles. The number of amides is 1. The zero-order chi connectivity index (χ0) is 15.9. The molecular weight excluding hydrogens is 284 g/mol. The summed E-state index contributed by atoms with van der Waals surface area (Å²) in [5, 5.41) is 11.6. The molecule has 22 heavy (non-hydrogen) atoms. The summed E-state index contributed by atoms with van der Waals surface area (Å²) in [6, 6.07) is 8.21. The van der Waals surface area contributed by atoms with Crippen molar-refractivity contribution in [3.8, 4) is 6.07 Å². The van der Waals surface area contributed by atoms with Gasteiger partial charge in [0.15, 0.2) is 0 Å². The van der Waals surface area contributed by atoms with E-state index in [1.54, 1.807) is 18.2 Å². The number of methoxy groups -OCH3 is 1. The Kier molecular flexibility index (Phi) is 5.50. The molecule has 1 N–H and O–H groups in total. The van der Waals surface area contributed by atoms with E-state index < -0.39 is 12.0 Å². The predicted octanol–water partition coefficient (Wildman–Crippen LogP) is 0.795. The highest BCUT2D eigenvalue weighted by molar-refractivity contribution is 5.86. The first-order valence-corrected chi connectivity index (χ1v) is 7.09. The van der Waals surface area contributed by atoms with Crippen LogP contribution >= 0.6 is 0 Å². The fourth-order valence-corrected chi connectivity index (χ4v) is 2.37. The maximum absolute atomic E-state index is 12.1. The Bertz CT molecular complexity index is 588. The van der Waals surface area contributed by atoms with E-state index in [0.717, 1.165) is 5.56 Å².